The summed E-state index contributed by atoms with van der Waals surface area (Å²) in [5.41, 5.74) is 2.88. The summed E-state index contributed by atoms with van der Waals surface area (Å²) in [4.78, 5) is 62.2. The molecule has 4 aromatic rings. The van der Waals surface area contributed by atoms with Gasteiger partial charge in [-0.05, 0) is 72.4 Å². The second-order valence-corrected chi connectivity index (χ2v) is 16.7. The summed E-state index contributed by atoms with van der Waals surface area (Å²) in [7, 11) is 1.23. The lowest BCUT2D eigenvalue weighted by Gasteiger charge is -2.35. The molecule has 0 aliphatic heterocycles. The number of aliphatic hydroxyl groups is 1. The molecule has 0 aliphatic rings. The maximum Gasteiger partial charge on any atom is 0.407 e. The van der Waals surface area contributed by atoms with Crippen molar-refractivity contribution >= 4 is 23.8 Å². The molecule has 0 radical (unpaired) electrons. The van der Waals surface area contributed by atoms with Crippen molar-refractivity contribution in [3.8, 4) is 17.0 Å². The lowest BCUT2D eigenvalue weighted by molar-refractivity contribution is -0.133. The fraction of sp³-hybridized carbons (Fsp3) is 0.422. The Morgan fingerprint density at radius 2 is 1.33 bits per heavy atom. The number of nitrogens with one attached hydrogen (secondary N) is 4. The van der Waals surface area contributed by atoms with Crippen molar-refractivity contribution in [3.63, 3.8) is 0 Å². The number of carbonyl (C=O) groups is 4. The molecule has 2 aromatic carbocycles. The van der Waals surface area contributed by atoms with Gasteiger partial charge >= 0.3 is 6.09 Å². The number of hydrogen-bond acceptors (Lipinski definition) is 9. The van der Waals surface area contributed by atoms with E-state index in [4.69, 9.17) is 9.47 Å². The minimum Gasteiger partial charge on any atom is -0.482 e. The van der Waals surface area contributed by atoms with Crippen LogP contribution in [0.15, 0.2) is 97.3 Å². The Morgan fingerprint density at radius 3 is 1.91 bits per heavy atom. The summed E-state index contributed by atoms with van der Waals surface area (Å²) < 4.78 is 10.4. The molecule has 0 bridgehead atoms. The predicted molar refractivity (Wildman–Crippen MR) is 223 cm³/mol. The molecule has 5 atom stereocenters. The van der Waals surface area contributed by atoms with Crippen molar-refractivity contribution in [1.29, 1.82) is 0 Å². The van der Waals surface area contributed by atoms with E-state index < -0.39 is 64.9 Å². The van der Waals surface area contributed by atoms with Crippen molar-refractivity contribution in [2.75, 3.05) is 13.7 Å². The van der Waals surface area contributed by atoms with E-state index in [0.29, 0.717) is 12.2 Å². The second-order valence-electron chi connectivity index (χ2n) is 16.7. The molecule has 58 heavy (non-hydrogen) atoms. The minimum absolute atomic E-state index is 0.0333. The zero-order valence-corrected chi connectivity index (χ0v) is 34.7. The van der Waals surface area contributed by atoms with Gasteiger partial charge in [0.25, 0.3) is 5.91 Å². The number of amides is 4. The number of aliphatic hydroxyl groups excluding tert-OH is 1. The molecule has 13 heteroatoms. The molecule has 13 nitrogen and oxygen atoms in total. The van der Waals surface area contributed by atoms with E-state index in [1.807, 2.05) is 121 Å². The van der Waals surface area contributed by atoms with Gasteiger partial charge in [0.1, 0.15) is 17.8 Å². The normalized spacial score (nSPS) is 14.2. The van der Waals surface area contributed by atoms with Crippen LogP contribution in [0, 0.1) is 17.8 Å². The van der Waals surface area contributed by atoms with Crippen molar-refractivity contribution in [2.45, 2.75) is 98.0 Å². The highest BCUT2D eigenvalue weighted by atomic mass is 16.5. The zero-order valence-electron chi connectivity index (χ0n) is 34.7. The van der Waals surface area contributed by atoms with Crippen LogP contribution in [-0.2, 0) is 32.0 Å². The highest BCUT2D eigenvalue weighted by molar-refractivity contribution is 5.89. The van der Waals surface area contributed by atoms with Gasteiger partial charge in [-0.2, -0.15) is 0 Å². The van der Waals surface area contributed by atoms with Crippen LogP contribution in [-0.4, -0.2) is 82.9 Å². The van der Waals surface area contributed by atoms with E-state index >= 15 is 0 Å². The average molecular weight is 795 g/mol. The van der Waals surface area contributed by atoms with Crippen molar-refractivity contribution < 1.29 is 33.8 Å². The Bertz CT molecular complexity index is 1930. The molecule has 5 N–H and O–H groups in total. The van der Waals surface area contributed by atoms with Gasteiger partial charge in [-0.15, -0.1) is 0 Å². The highest BCUT2D eigenvalue weighted by Gasteiger charge is 2.37. The molecular formula is C45H58N6O7. The highest BCUT2D eigenvalue weighted by Crippen LogP contribution is 2.24. The lowest BCUT2D eigenvalue weighted by atomic mass is 9.85. The average Bonchev–Trinajstić information content (AvgIpc) is 3.18. The van der Waals surface area contributed by atoms with Crippen LogP contribution in [0.1, 0.15) is 64.8 Å². The molecule has 4 amide bonds. The summed E-state index contributed by atoms with van der Waals surface area (Å²) in [5.74, 6) is -1.02. The first-order chi connectivity index (χ1) is 27.4. The van der Waals surface area contributed by atoms with E-state index in [1.165, 1.54) is 13.3 Å². The standard InChI is InChI=1S/C45H58N6O7/c1-29-17-22-34(27-47-29)58-28-38(53)50-39(44(2,3)4)42(55)49-36(25-30-14-10-9-11-15-30)37(52)26-33(48-41(54)40(45(5,6)7)51-43(56)57-8)24-31-18-20-32(21-19-31)35-16-12-13-23-46-35/h9-23,27,33,36-37,39-40,52H,24-26,28H2,1-8H3,(H,48,54)(H,49,55)(H,50,53)(H,51,56)/t33-,36-,37-,39+,40+/m0/s1. The summed E-state index contributed by atoms with van der Waals surface area (Å²) in [6.07, 6.45) is 1.95. The van der Waals surface area contributed by atoms with Gasteiger partial charge in [0, 0.05) is 23.5 Å². The molecule has 0 saturated heterocycles. The molecule has 0 fully saturated rings. The fourth-order valence-electron chi connectivity index (χ4n) is 6.40. The largest absolute Gasteiger partial charge is 0.482 e. The topological polar surface area (TPSA) is 181 Å². The Kier molecular flexibility index (Phi) is 15.9. The number of aromatic nitrogens is 2. The number of benzene rings is 2. The van der Waals surface area contributed by atoms with Crippen LogP contribution < -0.4 is 26.0 Å². The third-order valence-corrected chi connectivity index (χ3v) is 9.62. The first-order valence-electron chi connectivity index (χ1n) is 19.4. The van der Waals surface area contributed by atoms with Crippen LogP contribution in [0.5, 0.6) is 5.75 Å². The first kappa shape index (κ1) is 44.9. The number of ether oxygens (including phenoxy) is 2. The fourth-order valence-corrected chi connectivity index (χ4v) is 6.40. The van der Waals surface area contributed by atoms with Crippen LogP contribution in [0.4, 0.5) is 4.79 Å². The van der Waals surface area contributed by atoms with Gasteiger partial charge in [0.2, 0.25) is 11.8 Å². The van der Waals surface area contributed by atoms with Gasteiger partial charge in [-0.25, -0.2) is 4.79 Å². The third kappa shape index (κ3) is 14.0. The number of carbonyl (C=O) groups excluding carboxylic acids is 4. The lowest BCUT2D eigenvalue weighted by Crippen LogP contribution is -2.59. The van der Waals surface area contributed by atoms with Gasteiger partial charge in [-0.1, -0.05) is 102 Å². The smallest absolute Gasteiger partial charge is 0.407 e. The predicted octanol–water partition coefficient (Wildman–Crippen LogP) is 5.34. The number of alkyl carbamates (subject to hydrolysis) is 1. The van der Waals surface area contributed by atoms with E-state index in [2.05, 4.69) is 31.2 Å². The quantitative estimate of drug-likeness (QED) is 0.0944. The Hall–Kier alpha value is -5.82. The van der Waals surface area contributed by atoms with E-state index in [9.17, 15) is 24.3 Å². The number of rotatable bonds is 17. The van der Waals surface area contributed by atoms with Gasteiger partial charge in [-0.3, -0.25) is 24.4 Å². The van der Waals surface area contributed by atoms with Crippen molar-refractivity contribution in [2.24, 2.45) is 10.8 Å². The van der Waals surface area contributed by atoms with E-state index in [1.54, 1.807) is 18.3 Å². The van der Waals surface area contributed by atoms with Crippen LogP contribution in [0.3, 0.4) is 0 Å². The molecule has 2 aromatic heterocycles. The van der Waals surface area contributed by atoms with E-state index in [0.717, 1.165) is 28.1 Å². The van der Waals surface area contributed by atoms with Gasteiger partial charge < -0.3 is 35.8 Å². The summed E-state index contributed by atoms with van der Waals surface area (Å²) in [6, 6.07) is 23.0. The SMILES string of the molecule is COC(=O)N[C@H](C(=O)N[C@@H](Cc1ccc(-c2ccccn2)cc1)C[C@H](O)[C@H](Cc1ccccc1)NC(=O)[C@@H](NC(=O)COc1ccc(C)nc1)C(C)(C)C)C(C)(C)C. The molecule has 0 saturated carbocycles. The van der Waals surface area contributed by atoms with E-state index in [-0.39, 0.29) is 19.4 Å². The Labute approximate surface area is 341 Å². The summed E-state index contributed by atoms with van der Waals surface area (Å²) in [6.45, 7) is 12.5. The number of hydrogen-bond donors (Lipinski definition) is 5. The van der Waals surface area contributed by atoms with Crippen molar-refractivity contribution in [1.82, 2.24) is 31.2 Å². The molecule has 0 spiro atoms. The van der Waals surface area contributed by atoms with Crippen LogP contribution in [0.2, 0.25) is 0 Å². The minimum atomic E-state index is -1.17. The van der Waals surface area contributed by atoms with Gasteiger partial charge in [0.05, 0.1) is 31.1 Å². The summed E-state index contributed by atoms with van der Waals surface area (Å²) in [5, 5.41) is 23.7. The number of nitrogens with zero attached hydrogens (tertiary/aromatic N) is 2. The molecular weight excluding hydrogens is 737 g/mol. The number of methoxy groups -OCH3 is 1. The Morgan fingerprint density at radius 1 is 0.707 bits per heavy atom. The molecule has 0 aliphatic carbocycles. The maximum absolute atomic E-state index is 14.2. The van der Waals surface area contributed by atoms with Crippen LogP contribution in [0.25, 0.3) is 11.3 Å². The molecule has 310 valence electrons. The molecule has 2 heterocycles. The monoisotopic (exact) mass is 794 g/mol. The van der Waals surface area contributed by atoms with Gasteiger partial charge in [0.15, 0.2) is 6.61 Å². The Balaban J connectivity index is 1.60. The van der Waals surface area contributed by atoms with Crippen molar-refractivity contribution in [3.05, 3.63) is 114 Å². The second kappa shape index (κ2) is 20.6. The first-order valence-corrected chi connectivity index (χ1v) is 19.4. The number of aryl methyl sites for hydroxylation is 1. The maximum atomic E-state index is 14.2. The third-order valence-electron chi connectivity index (χ3n) is 9.62. The zero-order chi connectivity index (χ0) is 42.5. The van der Waals surface area contributed by atoms with Crippen LogP contribution >= 0.6 is 0 Å². The summed E-state index contributed by atoms with van der Waals surface area (Å²) >= 11 is 0. The number of pyridine rings is 2. The molecule has 0 unspecified atom stereocenters. The molecule has 4 rings (SSSR count).